The van der Waals surface area contributed by atoms with Gasteiger partial charge in [-0.1, -0.05) is 28.1 Å². The second kappa shape index (κ2) is 5.97. The number of ketones is 1. The number of ether oxygens (including phenoxy) is 1. The van der Waals surface area contributed by atoms with Gasteiger partial charge in [-0.05, 0) is 35.9 Å². The predicted octanol–water partition coefficient (Wildman–Crippen LogP) is 4.02. The Hall–Kier alpha value is -1.68. The molecule has 0 aliphatic carbocycles. The second-order valence-corrected chi connectivity index (χ2v) is 4.93. The molecular formula is C15H12BrFO2. The molecule has 0 aliphatic rings. The first-order valence-corrected chi connectivity index (χ1v) is 6.50. The highest BCUT2D eigenvalue weighted by Gasteiger charge is 2.12. The summed E-state index contributed by atoms with van der Waals surface area (Å²) in [6.45, 7) is 0. The van der Waals surface area contributed by atoms with Crippen LogP contribution in [0.5, 0.6) is 5.75 Å². The average molecular weight is 323 g/mol. The Balaban J connectivity index is 2.22. The van der Waals surface area contributed by atoms with E-state index in [1.165, 1.54) is 12.1 Å². The van der Waals surface area contributed by atoms with Crippen molar-refractivity contribution in [2.45, 2.75) is 6.42 Å². The lowest BCUT2D eigenvalue weighted by Gasteiger charge is -2.07. The van der Waals surface area contributed by atoms with Crippen molar-refractivity contribution in [2.75, 3.05) is 7.11 Å². The van der Waals surface area contributed by atoms with E-state index < -0.39 is 0 Å². The molecular weight excluding hydrogens is 311 g/mol. The highest BCUT2D eigenvalue weighted by molar-refractivity contribution is 9.10. The largest absolute Gasteiger partial charge is 0.497 e. The van der Waals surface area contributed by atoms with E-state index in [-0.39, 0.29) is 18.0 Å². The highest BCUT2D eigenvalue weighted by Crippen LogP contribution is 2.24. The lowest BCUT2D eigenvalue weighted by atomic mass is 10.0. The number of Topliss-reactive ketones (excluding diaryl/α,β-unsaturated/α-hetero) is 1. The summed E-state index contributed by atoms with van der Waals surface area (Å²) in [5.41, 5.74) is 1.34. The molecule has 0 saturated heterocycles. The maximum absolute atomic E-state index is 12.8. The molecule has 98 valence electrons. The number of halogens is 2. The zero-order valence-corrected chi connectivity index (χ0v) is 11.9. The number of benzene rings is 2. The van der Waals surface area contributed by atoms with Crippen LogP contribution in [0.25, 0.3) is 0 Å². The van der Waals surface area contributed by atoms with Gasteiger partial charge in [-0.25, -0.2) is 4.39 Å². The molecule has 0 radical (unpaired) electrons. The molecule has 0 saturated carbocycles. The maximum Gasteiger partial charge on any atom is 0.168 e. The number of rotatable bonds is 4. The summed E-state index contributed by atoms with van der Waals surface area (Å²) in [6, 6.07) is 11.2. The standard InChI is InChI=1S/C15H12BrFO2/c1-19-12-6-7-14(16)13(9-12)15(18)8-10-2-4-11(17)5-3-10/h2-7,9H,8H2,1H3. The molecule has 2 nitrogen and oxygen atoms in total. The van der Waals surface area contributed by atoms with E-state index in [2.05, 4.69) is 15.9 Å². The van der Waals surface area contributed by atoms with Gasteiger partial charge in [0.05, 0.1) is 7.11 Å². The summed E-state index contributed by atoms with van der Waals surface area (Å²) in [5, 5.41) is 0. The monoisotopic (exact) mass is 322 g/mol. The topological polar surface area (TPSA) is 26.3 Å². The Morgan fingerprint density at radius 3 is 2.53 bits per heavy atom. The van der Waals surface area contributed by atoms with Gasteiger partial charge in [0.25, 0.3) is 0 Å². The molecule has 19 heavy (non-hydrogen) atoms. The Bertz CT molecular complexity index is 594. The first-order valence-electron chi connectivity index (χ1n) is 5.71. The second-order valence-electron chi connectivity index (χ2n) is 4.07. The molecule has 0 heterocycles. The molecule has 2 rings (SSSR count). The van der Waals surface area contributed by atoms with Crippen LogP contribution in [-0.4, -0.2) is 12.9 Å². The minimum atomic E-state index is -0.307. The zero-order valence-electron chi connectivity index (χ0n) is 10.3. The van der Waals surface area contributed by atoms with E-state index in [1.54, 1.807) is 37.4 Å². The van der Waals surface area contributed by atoms with E-state index in [0.29, 0.717) is 11.3 Å². The van der Waals surface area contributed by atoms with Gasteiger partial charge in [0.1, 0.15) is 11.6 Å². The molecule has 0 fully saturated rings. The fourth-order valence-corrected chi connectivity index (χ4v) is 2.20. The lowest BCUT2D eigenvalue weighted by Crippen LogP contribution is -2.05. The van der Waals surface area contributed by atoms with Crippen molar-refractivity contribution < 1.29 is 13.9 Å². The van der Waals surface area contributed by atoms with E-state index in [9.17, 15) is 9.18 Å². The van der Waals surface area contributed by atoms with E-state index >= 15 is 0 Å². The van der Waals surface area contributed by atoms with Gasteiger partial charge in [-0.2, -0.15) is 0 Å². The van der Waals surface area contributed by atoms with Crippen LogP contribution in [0.4, 0.5) is 4.39 Å². The van der Waals surface area contributed by atoms with E-state index in [1.807, 2.05) is 0 Å². The molecule has 0 amide bonds. The van der Waals surface area contributed by atoms with Crippen molar-refractivity contribution in [3.8, 4) is 5.75 Å². The van der Waals surface area contributed by atoms with Crippen molar-refractivity contribution in [3.63, 3.8) is 0 Å². The number of hydrogen-bond acceptors (Lipinski definition) is 2. The quantitative estimate of drug-likeness (QED) is 0.795. The van der Waals surface area contributed by atoms with Crippen molar-refractivity contribution in [1.29, 1.82) is 0 Å². The van der Waals surface area contributed by atoms with Gasteiger partial charge in [0, 0.05) is 16.5 Å². The molecule has 0 atom stereocenters. The van der Waals surface area contributed by atoms with Gasteiger partial charge < -0.3 is 4.74 Å². The first-order chi connectivity index (χ1) is 9.10. The van der Waals surface area contributed by atoms with Crippen LogP contribution < -0.4 is 4.74 Å². The highest BCUT2D eigenvalue weighted by atomic mass is 79.9. The van der Waals surface area contributed by atoms with Crippen molar-refractivity contribution >= 4 is 21.7 Å². The first kappa shape index (κ1) is 13.7. The van der Waals surface area contributed by atoms with E-state index in [0.717, 1.165) is 10.0 Å². The molecule has 0 bridgehead atoms. The third-order valence-corrected chi connectivity index (χ3v) is 3.44. The summed E-state index contributed by atoms with van der Waals surface area (Å²) in [4.78, 5) is 12.2. The van der Waals surface area contributed by atoms with Crippen LogP contribution in [0.2, 0.25) is 0 Å². The lowest BCUT2D eigenvalue weighted by molar-refractivity contribution is 0.0992. The molecule has 0 N–H and O–H groups in total. The van der Waals surface area contributed by atoms with Crippen molar-refractivity contribution in [2.24, 2.45) is 0 Å². The van der Waals surface area contributed by atoms with Crippen LogP contribution >= 0.6 is 15.9 Å². The molecule has 0 unspecified atom stereocenters. The van der Waals surface area contributed by atoms with Crippen LogP contribution in [0.15, 0.2) is 46.9 Å². The van der Waals surface area contributed by atoms with Gasteiger partial charge in [0.15, 0.2) is 5.78 Å². The van der Waals surface area contributed by atoms with Crippen LogP contribution in [-0.2, 0) is 6.42 Å². The van der Waals surface area contributed by atoms with Gasteiger partial charge in [-0.15, -0.1) is 0 Å². The number of carbonyl (C=O) groups excluding carboxylic acids is 1. The Morgan fingerprint density at radius 2 is 1.89 bits per heavy atom. The molecule has 0 aromatic heterocycles. The minimum Gasteiger partial charge on any atom is -0.497 e. The SMILES string of the molecule is COc1ccc(Br)c(C(=O)Cc2ccc(F)cc2)c1. The fraction of sp³-hybridized carbons (Fsp3) is 0.133. The number of methoxy groups -OCH3 is 1. The summed E-state index contributed by atoms with van der Waals surface area (Å²) < 4.78 is 18.6. The third kappa shape index (κ3) is 3.41. The van der Waals surface area contributed by atoms with Gasteiger partial charge in [0.2, 0.25) is 0 Å². The summed E-state index contributed by atoms with van der Waals surface area (Å²) in [6.07, 6.45) is 0.228. The summed E-state index contributed by atoms with van der Waals surface area (Å²) in [7, 11) is 1.55. The van der Waals surface area contributed by atoms with Crippen molar-refractivity contribution in [3.05, 3.63) is 63.9 Å². The Labute approximate surface area is 119 Å². The maximum atomic E-state index is 12.8. The fourth-order valence-electron chi connectivity index (χ4n) is 1.73. The van der Waals surface area contributed by atoms with Crippen LogP contribution in [0, 0.1) is 5.82 Å². The van der Waals surface area contributed by atoms with Gasteiger partial charge in [-0.3, -0.25) is 4.79 Å². The Morgan fingerprint density at radius 1 is 1.21 bits per heavy atom. The number of hydrogen-bond donors (Lipinski definition) is 0. The Kier molecular flexibility index (Phi) is 4.32. The number of carbonyl (C=O) groups is 1. The summed E-state index contributed by atoms with van der Waals surface area (Å²) >= 11 is 3.35. The zero-order chi connectivity index (χ0) is 13.8. The van der Waals surface area contributed by atoms with E-state index in [4.69, 9.17) is 4.74 Å². The minimum absolute atomic E-state index is 0.0441. The summed E-state index contributed by atoms with van der Waals surface area (Å²) in [5.74, 6) is 0.279. The molecule has 2 aromatic carbocycles. The molecule has 4 heteroatoms. The molecule has 0 aliphatic heterocycles. The van der Waals surface area contributed by atoms with Crippen LogP contribution in [0.3, 0.4) is 0 Å². The third-order valence-electron chi connectivity index (χ3n) is 2.75. The van der Waals surface area contributed by atoms with Gasteiger partial charge >= 0.3 is 0 Å². The van der Waals surface area contributed by atoms with Crippen molar-refractivity contribution in [1.82, 2.24) is 0 Å². The predicted molar refractivity (Wildman–Crippen MR) is 75.1 cm³/mol. The normalized spacial score (nSPS) is 10.3. The average Bonchev–Trinajstić information content (AvgIpc) is 2.42. The molecule has 2 aromatic rings. The smallest absolute Gasteiger partial charge is 0.168 e. The molecule has 0 spiro atoms. The van der Waals surface area contributed by atoms with Crippen LogP contribution in [0.1, 0.15) is 15.9 Å².